The number of carbonyl (C=O) groups is 1. The Labute approximate surface area is 179 Å². The molecule has 0 aromatic heterocycles. The molecule has 0 saturated carbocycles. The maximum Gasteiger partial charge on any atom is 0.243 e. The zero-order valence-corrected chi connectivity index (χ0v) is 18.5. The molecule has 0 aliphatic carbocycles. The molecule has 1 amide bonds. The molecule has 30 heavy (non-hydrogen) atoms. The SMILES string of the molecule is C[C@@H](C(=O)N1CCCCCC1)N1CCN(S(=O)(=O)c2ccc3ccccc3c2)CC1. The van der Waals surface area contributed by atoms with Gasteiger partial charge in [-0.2, -0.15) is 4.31 Å². The number of piperazine rings is 1. The van der Waals surface area contributed by atoms with Crippen LogP contribution >= 0.6 is 0 Å². The van der Waals surface area contributed by atoms with Crippen LogP contribution in [0.4, 0.5) is 0 Å². The highest BCUT2D eigenvalue weighted by Gasteiger charge is 2.33. The molecule has 2 fully saturated rings. The Morgan fingerprint density at radius 3 is 2.13 bits per heavy atom. The van der Waals surface area contributed by atoms with Gasteiger partial charge < -0.3 is 4.90 Å². The molecule has 0 bridgehead atoms. The standard InChI is InChI=1S/C23H31N3O3S/c1-19(23(27)25-12-6-2-3-7-13-25)24-14-16-26(17-15-24)30(28,29)22-11-10-20-8-4-5-9-21(20)18-22/h4-5,8-11,18-19H,2-3,6-7,12-17H2,1H3/t19-/m0/s1. The molecule has 6 nitrogen and oxygen atoms in total. The Balaban J connectivity index is 1.41. The minimum Gasteiger partial charge on any atom is -0.341 e. The Kier molecular flexibility index (Phi) is 6.41. The number of fused-ring (bicyclic) bond motifs is 1. The van der Waals surface area contributed by atoms with E-state index in [-0.39, 0.29) is 11.9 Å². The monoisotopic (exact) mass is 429 g/mol. The lowest BCUT2D eigenvalue weighted by Crippen LogP contribution is -2.55. The van der Waals surface area contributed by atoms with Crippen molar-refractivity contribution in [2.45, 2.75) is 43.5 Å². The quantitative estimate of drug-likeness (QED) is 0.750. The zero-order chi connectivity index (χ0) is 21.1. The van der Waals surface area contributed by atoms with Gasteiger partial charge in [0.2, 0.25) is 15.9 Å². The molecule has 1 atom stereocenters. The van der Waals surface area contributed by atoms with Crippen molar-refractivity contribution in [3.63, 3.8) is 0 Å². The third-order valence-electron chi connectivity index (χ3n) is 6.45. The number of benzene rings is 2. The summed E-state index contributed by atoms with van der Waals surface area (Å²) in [6.07, 6.45) is 4.55. The smallest absolute Gasteiger partial charge is 0.243 e. The van der Waals surface area contributed by atoms with Gasteiger partial charge in [-0.15, -0.1) is 0 Å². The number of carbonyl (C=O) groups excluding carboxylic acids is 1. The Morgan fingerprint density at radius 2 is 1.47 bits per heavy atom. The molecular weight excluding hydrogens is 398 g/mol. The number of hydrogen-bond acceptors (Lipinski definition) is 4. The van der Waals surface area contributed by atoms with E-state index in [1.807, 2.05) is 42.2 Å². The van der Waals surface area contributed by atoms with Gasteiger partial charge in [-0.25, -0.2) is 8.42 Å². The van der Waals surface area contributed by atoms with Crippen molar-refractivity contribution in [1.82, 2.24) is 14.1 Å². The van der Waals surface area contributed by atoms with Crippen LogP contribution in [0.25, 0.3) is 10.8 Å². The van der Waals surface area contributed by atoms with Crippen LogP contribution in [-0.4, -0.2) is 73.7 Å². The van der Waals surface area contributed by atoms with Crippen LogP contribution in [0, 0.1) is 0 Å². The van der Waals surface area contributed by atoms with Crippen LogP contribution in [0.5, 0.6) is 0 Å². The van der Waals surface area contributed by atoms with Crippen molar-refractivity contribution < 1.29 is 13.2 Å². The fourth-order valence-corrected chi connectivity index (χ4v) is 5.98. The molecule has 4 rings (SSSR count). The van der Waals surface area contributed by atoms with E-state index >= 15 is 0 Å². The summed E-state index contributed by atoms with van der Waals surface area (Å²) in [5.74, 6) is 0.183. The lowest BCUT2D eigenvalue weighted by atomic mass is 10.1. The predicted octanol–water partition coefficient (Wildman–Crippen LogP) is 2.94. The van der Waals surface area contributed by atoms with Crippen LogP contribution in [0.1, 0.15) is 32.6 Å². The molecule has 0 N–H and O–H groups in total. The molecule has 0 unspecified atom stereocenters. The number of rotatable bonds is 4. The number of sulfonamides is 1. The largest absolute Gasteiger partial charge is 0.341 e. The predicted molar refractivity (Wildman–Crippen MR) is 119 cm³/mol. The second-order valence-corrected chi connectivity index (χ2v) is 10.3. The number of likely N-dealkylation sites (tertiary alicyclic amines) is 1. The van der Waals surface area contributed by atoms with Crippen LogP contribution in [-0.2, 0) is 14.8 Å². The first kappa shape index (κ1) is 21.3. The first-order chi connectivity index (χ1) is 14.5. The molecule has 2 aliphatic heterocycles. The van der Waals surface area contributed by atoms with Gasteiger partial charge in [-0.1, -0.05) is 43.2 Å². The van der Waals surface area contributed by atoms with Gasteiger partial charge in [0.25, 0.3) is 0 Å². The maximum absolute atomic E-state index is 13.2. The molecule has 2 aliphatic rings. The summed E-state index contributed by atoms with van der Waals surface area (Å²) >= 11 is 0. The first-order valence-electron chi connectivity index (χ1n) is 11.0. The van der Waals surface area contributed by atoms with Crippen molar-refractivity contribution in [3.05, 3.63) is 42.5 Å². The lowest BCUT2D eigenvalue weighted by Gasteiger charge is -2.38. The minimum absolute atomic E-state index is 0.183. The van der Waals surface area contributed by atoms with Gasteiger partial charge >= 0.3 is 0 Å². The van der Waals surface area contributed by atoms with Crippen molar-refractivity contribution in [2.75, 3.05) is 39.3 Å². The van der Waals surface area contributed by atoms with Crippen molar-refractivity contribution in [3.8, 4) is 0 Å². The Bertz CT molecular complexity index is 992. The Morgan fingerprint density at radius 1 is 0.833 bits per heavy atom. The molecule has 162 valence electrons. The lowest BCUT2D eigenvalue weighted by molar-refractivity contribution is -0.136. The first-order valence-corrected chi connectivity index (χ1v) is 12.4. The van der Waals surface area contributed by atoms with Crippen LogP contribution in [0.15, 0.2) is 47.4 Å². The van der Waals surface area contributed by atoms with E-state index in [1.54, 1.807) is 16.4 Å². The van der Waals surface area contributed by atoms with Crippen LogP contribution in [0.3, 0.4) is 0 Å². The molecular formula is C23H31N3O3S. The number of amides is 1. The van der Waals surface area contributed by atoms with Gasteiger partial charge in [0.15, 0.2) is 0 Å². The highest BCUT2D eigenvalue weighted by Crippen LogP contribution is 2.23. The third-order valence-corrected chi connectivity index (χ3v) is 8.35. The summed E-state index contributed by atoms with van der Waals surface area (Å²) in [5.41, 5.74) is 0. The van der Waals surface area contributed by atoms with Gasteiger partial charge in [0.05, 0.1) is 10.9 Å². The van der Waals surface area contributed by atoms with E-state index in [2.05, 4.69) is 4.90 Å². The molecule has 7 heteroatoms. The number of nitrogens with zero attached hydrogens (tertiary/aromatic N) is 3. The molecule has 2 saturated heterocycles. The number of hydrogen-bond donors (Lipinski definition) is 0. The highest BCUT2D eigenvalue weighted by molar-refractivity contribution is 7.89. The van der Waals surface area contributed by atoms with Gasteiger partial charge in [-0.3, -0.25) is 9.69 Å². The zero-order valence-electron chi connectivity index (χ0n) is 17.7. The highest BCUT2D eigenvalue weighted by atomic mass is 32.2. The van der Waals surface area contributed by atoms with Crippen molar-refractivity contribution in [2.24, 2.45) is 0 Å². The van der Waals surface area contributed by atoms with Gasteiger partial charge in [-0.05, 0) is 42.7 Å². The normalized spacial score (nSPS) is 20.8. The molecule has 2 aromatic carbocycles. The van der Waals surface area contributed by atoms with E-state index in [1.165, 1.54) is 12.8 Å². The fraction of sp³-hybridized carbons (Fsp3) is 0.522. The van der Waals surface area contributed by atoms with E-state index in [4.69, 9.17) is 0 Å². The average molecular weight is 430 g/mol. The minimum atomic E-state index is -3.54. The molecule has 0 spiro atoms. The summed E-state index contributed by atoms with van der Waals surface area (Å²) in [7, 11) is -3.54. The van der Waals surface area contributed by atoms with E-state index in [9.17, 15) is 13.2 Å². The Hall–Kier alpha value is -1.96. The van der Waals surface area contributed by atoms with Crippen molar-refractivity contribution in [1.29, 1.82) is 0 Å². The second kappa shape index (κ2) is 9.04. The summed E-state index contributed by atoms with van der Waals surface area (Å²) in [5, 5.41) is 1.95. The maximum atomic E-state index is 13.2. The molecule has 2 aromatic rings. The van der Waals surface area contributed by atoms with E-state index in [0.29, 0.717) is 31.1 Å². The summed E-state index contributed by atoms with van der Waals surface area (Å²) in [6.45, 7) is 5.63. The summed E-state index contributed by atoms with van der Waals surface area (Å²) in [4.78, 5) is 17.4. The summed E-state index contributed by atoms with van der Waals surface area (Å²) < 4.78 is 27.9. The van der Waals surface area contributed by atoms with Gasteiger partial charge in [0, 0.05) is 39.3 Å². The van der Waals surface area contributed by atoms with Crippen molar-refractivity contribution >= 4 is 26.7 Å². The summed E-state index contributed by atoms with van der Waals surface area (Å²) in [6, 6.07) is 12.9. The fourth-order valence-electron chi connectivity index (χ4n) is 4.52. The average Bonchev–Trinajstić information content (AvgIpc) is 3.07. The molecule has 2 heterocycles. The third kappa shape index (κ3) is 4.38. The topological polar surface area (TPSA) is 60.9 Å². The van der Waals surface area contributed by atoms with E-state index < -0.39 is 10.0 Å². The van der Waals surface area contributed by atoms with E-state index in [0.717, 1.165) is 36.7 Å². The molecule has 0 radical (unpaired) electrons. The second-order valence-electron chi connectivity index (χ2n) is 8.36. The van der Waals surface area contributed by atoms with Crippen LogP contribution < -0.4 is 0 Å². The van der Waals surface area contributed by atoms with Crippen LogP contribution in [0.2, 0.25) is 0 Å². The van der Waals surface area contributed by atoms with Gasteiger partial charge in [0.1, 0.15) is 0 Å².